The molecule has 0 spiro atoms. The number of rotatable bonds is 2. The van der Waals surface area contributed by atoms with Crippen molar-refractivity contribution in [3.8, 4) is 0 Å². The molecular formula is C2H4FO4P. The van der Waals surface area contributed by atoms with E-state index in [1.54, 1.807) is 0 Å². The SMILES string of the molecule is COP(=O)(F)C(=O)O. The average Bonchev–Trinajstić information content (AvgIpc) is 1.67. The van der Waals surface area contributed by atoms with E-state index in [1.807, 2.05) is 0 Å². The van der Waals surface area contributed by atoms with Gasteiger partial charge < -0.3 is 9.63 Å². The topological polar surface area (TPSA) is 63.6 Å². The van der Waals surface area contributed by atoms with E-state index in [4.69, 9.17) is 5.11 Å². The molecule has 0 heterocycles. The summed E-state index contributed by atoms with van der Waals surface area (Å²) in [4.78, 5) is 9.49. The van der Waals surface area contributed by atoms with Crippen molar-refractivity contribution >= 4 is 13.4 Å². The molecular weight excluding hydrogens is 138 g/mol. The lowest BCUT2D eigenvalue weighted by atomic mass is 11.6. The Balaban J connectivity index is 4.15. The van der Waals surface area contributed by atoms with E-state index in [-0.39, 0.29) is 0 Å². The summed E-state index contributed by atoms with van der Waals surface area (Å²) < 4.78 is 25.0. The smallest absolute Gasteiger partial charge is 0.472 e. The average molecular weight is 142 g/mol. The molecule has 0 aromatic carbocycles. The molecule has 8 heavy (non-hydrogen) atoms. The first-order chi connectivity index (χ1) is 3.50. The molecule has 1 unspecified atom stereocenters. The van der Waals surface area contributed by atoms with E-state index in [2.05, 4.69) is 4.52 Å². The third-order valence-corrected chi connectivity index (χ3v) is 1.39. The predicted octanol–water partition coefficient (Wildman–Crippen LogP) is 1.47. The minimum Gasteiger partial charge on any atom is -0.472 e. The molecule has 0 aromatic rings. The van der Waals surface area contributed by atoms with Crippen molar-refractivity contribution in [2.75, 3.05) is 7.11 Å². The lowest BCUT2D eigenvalue weighted by Crippen LogP contribution is -1.90. The standard InChI is InChI=1S/C2H4FO4P/c1-7-8(3,6)2(4)5/h1H3,(H,4,5). The zero-order valence-corrected chi connectivity index (χ0v) is 4.89. The number of hydrogen-bond acceptors (Lipinski definition) is 3. The van der Waals surface area contributed by atoms with Crippen LogP contribution >= 0.6 is 7.68 Å². The lowest BCUT2D eigenvalue weighted by Gasteiger charge is -1.95. The van der Waals surface area contributed by atoms with Crippen molar-refractivity contribution in [3.05, 3.63) is 0 Å². The van der Waals surface area contributed by atoms with Gasteiger partial charge in [-0.2, -0.15) is 0 Å². The lowest BCUT2D eigenvalue weighted by molar-refractivity contribution is 0.209. The molecule has 0 fully saturated rings. The summed E-state index contributed by atoms with van der Waals surface area (Å²) in [6.45, 7) is 0. The van der Waals surface area contributed by atoms with Crippen molar-refractivity contribution in [1.29, 1.82) is 0 Å². The molecule has 1 N–H and O–H groups in total. The van der Waals surface area contributed by atoms with Crippen molar-refractivity contribution in [3.63, 3.8) is 0 Å². The van der Waals surface area contributed by atoms with Gasteiger partial charge >= 0.3 is 13.4 Å². The first kappa shape index (κ1) is 7.59. The maximum Gasteiger partial charge on any atom is 0.473 e. The molecule has 0 bridgehead atoms. The number of carbonyl (C=O) groups is 1. The van der Waals surface area contributed by atoms with Gasteiger partial charge in [0.15, 0.2) is 0 Å². The van der Waals surface area contributed by atoms with Crippen LogP contribution in [0.25, 0.3) is 0 Å². The molecule has 0 aromatic heterocycles. The van der Waals surface area contributed by atoms with E-state index in [9.17, 15) is 13.6 Å². The van der Waals surface area contributed by atoms with E-state index < -0.39 is 13.4 Å². The molecule has 0 rings (SSSR count). The number of carboxylic acid groups (broad SMARTS) is 1. The largest absolute Gasteiger partial charge is 0.473 e. The monoisotopic (exact) mass is 142 g/mol. The van der Waals surface area contributed by atoms with Gasteiger partial charge in [0, 0.05) is 7.11 Å². The second-order valence-electron chi connectivity index (χ2n) is 0.945. The molecule has 6 heteroatoms. The summed E-state index contributed by atoms with van der Waals surface area (Å²) in [5.41, 5.74) is -2.06. The Bertz CT molecular complexity index is 143. The van der Waals surface area contributed by atoms with Gasteiger partial charge in [0.25, 0.3) is 0 Å². The molecule has 4 nitrogen and oxygen atoms in total. The molecule has 1 atom stereocenters. The minimum absolute atomic E-state index is 0.731. The molecule has 0 amide bonds. The molecule has 0 aliphatic carbocycles. The van der Waals surface area contributed by atoms with Crippen molar-refractivity contribution in [2.24, 2.45) is 0 Å². The molecule has 0 radical (unpaired) electrons. The first-order valence-electron chi connectivity index (χ1n) is 1.59. The Morgan fingerprint density at radius 3 is 2.25 bits per heavy atom. The van der Waals surface area contributed by atoms with Crippen LogP contribution in [0.15, 0.2) is 0 Å². The van der Waals surface area contributed by atoms with E-state index >= 15 is 0 Å². The van der Waals surface area contributed by atoms with Crippen molar-refractivity contribution in [1.82, 2.24) is 0 Å². The highest BCUT2D eigenvalue weighted by molar-refractivity contribution is 7.70. The van der Waals surface area contributed by atoms with Crippen molar-refractivity contribution in [2.45, 2.75) is 0 Å². The van der Waals surface area contributed by atoms with Gasteiger partial charge in [-0.25, -0.2) is 9.36 Å². The van der Waals surface area contributed by atoms with Gasteiger partial charge in [-0.15, -0.1) is 4.20 Å². The summed E-state index contributed by atoms with van der Waals surface area (Å²) in [7, 11) is -4.10. The summed E-state index contributed by atoms with van der Waals surface area (Å²) in [5, 5.41) is 7.68. The minimum atomic E-state index is -4.83. The molecule has 0 saturated carbocycles. The summed E-state index contributed by atoms with van der Waals surface area (Å²) in [5.74, 6) is 0. The number of hydrogen-bond donors (Lipinski definition) is 1. The molecule has 0 aliphatic rings. The predicted molar refractivity (Wildman–Crippen MR) is 23.7 cm³/mol. The Morgan fingerprint density at radius 2 is 2.25 bits per heavy atom. The molecule has 0 saturated heterocycles. The van der Waals surface area contributed by atoms with Crippen molar-refractivity contribution < 1.29 is 23.2 Å². The van der Waals surface area contributed by atoms with Gasteiger partial charge in [-0.3, -0.25) is 0 Å². The van der Waals surface area contributed by atoms with E-state index in [0.717, 1.165) is 7.11 Å². The van der Waals surface area contributed by atoms with Gasteiger partial charge in [0.1, 0.15) is 0 Å². The summed E-state index contributed by atoms with van der Waals surface area (Å²) >= 11 is 0. The van der Waals surface area contributed by atoms with E-state index in [0.29, 0.717) is 0 Å². The summed E-state index contributed by atoms with van der Waals surface area (Å²) in [6.07, 6.45) is 0. The quantitative estimate of drug-likeness (QED) is 0.593. The Kier molecular flexibility index (Phi) is 2.12. The zero-order valence-electron chi connectivity index (χ0n) is 4.00. The zero-order chi connectivity index (χ0) is 6.78. The Labute approximate surface area is 44.8 Å². The first-order valence-corrected chi connectivity index (χ1v) is 3.11. The fraction of sp³-hybridized carbons (Fsp3) is 0.500. The van der Waals surface area contributed by atoms with Crippen LogP contribution in [0.5, 0.6) is 0 Å². The molecule has 48 valence electrons. The van der Waals surface area contributed by atoms with Crippen LogP contribution in [0.4, 0.5) is 8.99 Å². The second kappa shape index (κ2) is 2.24. The Hall–Kier alpha value is -0.410. The highest BCUT2D eigenvalue weighted by atomic mass is 31.2. The molecule has 0 aliphatic heterocycles. The van der Waals surface area contributed by atoms with Crippen LogP contribution in [-0.4, -0.2) is 17.9 Å². The van der Waals surface area contributed by atoms with Crippen LogP contribution in [0.1, 0.15) is 0 Å². The van der Waals surface area contributed by atoms with E-state index in [1.165, 1.54) is 0 Å². The third kappa shape index (κ3) is 1.60. The normalized spacial score (nSPS) is 17.2. The third-order valence-electron chi connectivity index (χ3n) is 0.463. The van der Waals surface area contributed by atoms with Crippen LogP contribution < -0.4 is 0 Å². The van der Waals surface area contributed by atoms with Gasteiger partial charge in [-0.05, 0) is 0 Å². The van der Waals surface area contributed by atoms with Crippen LogP contribution in [0.2, 0.25) is 0 Å². The van der Waals surface area contributed by atoms with Gasteiger partial charge in [0.2, 0.25) is 0 Å². The van der Waals surface area contributed by atoms with Crippen LogP contribution in [-0.2, 0) is 9.09 Å². The second-order valence-corrected chi connectivity index (χ2v) is 2.65. The van der Waals surface area contributed by atoms with Gasteiger partial charge in [-0.1, -0.05) is 0 Å². The highest BCUT2D eigenvalue weighted by Crippen LogP contribution is 2.47. The van der Waals surface area contributed by atoms with Crippen LogP contribution in [0, 0.1) is 0 Å². The maximum atomic E-state index is 11.7. The van der Waals surface area contributed by atoms with Crippen LogP contribution in [0.3, 0.4) is 0 Å². The fourth-order valence-electron chi connectivity index (χ4n) is 0.0781. The van der Waals surface area contributed by atoms with Gasteiger partial charge in [0.05, 0.1) is 0 Å². The highest BCUT2D eigenvalue weighted by Gasteiger charge is 2.30. The fourth-order valence-corrected chi connectivity index (χ4v) is 0.234. The summed E-state index contributed by atoms with van der Waals surface area (Å²) in [6, 6.07) is 0. The maximum absolute atomic E-state index is 11.7. The Morgan fingerprint density at radius 1 is 1.88 bits per heavy atom. The number of halogens is 1.